The number of carbonyl (C=O) groups excluding carboxylic acids is 1. The Balaban J connectivity index is 1.64. The van der Waals surface area contributed by atoms with E-state index in [0.717, 1.165) is 18.5 Å². The first-order valence-electron chi connectivity index (χ1n) is 9.03. The van der Waals surface area contributed by atoms with Crippen molar-refractivity contribution in [2.45, 2.75) is 83.0 Å². The summed E-state index contributed by atoms with van der Waals surface area (Å²) in [5.41, 5.74) is 1.24. The molecule has 1 amide bonds. The maximum absolute atomic E-state index is 12.7. The molecule has 1 N–H and O–H groups in total. The van der Waals surface area contributed by atoms with Gasteiger partial charge < -0.3 is 5.32 Å². The van der Waals surface area contributed by atoms with Crippen LogP contribution in [0.3, 0.4) is 0 Å². The van der Waals surface area contributed by atoms with E-state index < -0.39 is 12.1 Å². The third-order valence-corrected chi connectivity index (χ3v) is 5.13. The number of alkyl halides is 3. The van der Waals surface area contributed by atoms with Crippen molar-refractivity contribution in [2.75, 3.05) is 0 Å². The van der Waals surface area contributed by atoms with Crippen LogP contribution >= 0.6 is 0 Å². The predicted octanol–water partition coefficient (Wildman–Crippen LogP) is 4.37. The Labute approximate surface area is 146 Å². The number of hydrogen-bond donors (Lipinski definition) is 1. The molecule has 140 valence electrons. The zero-order valence-electron chi connectivity index (χ0n) is 15.0. The van der Waals surface area contributed by atoms with Crippen LogP contribution in [0.5, 0.6) is 0 Å². The molecule has 0 aromatic carbocycles. The quantitative estimate of drug-likeness (QED) is 0.873. The average Bonchev–Trinajstić information content (AvgIpc) is 3.23. The van der Waals surface area contributed by atoms with Crippen LogP contribution < -0.4 is 5.32 Å². The van der Waals surface area contributed by atoms with Gasteiger partial charge in [-0.1, -0.05) is 0 Å². The summed E-state index contributed by atoms with van der Waals surface area (Å²) < 4.78 is 40.1. The Morgan fingerprint density at radius 2 is 1.72 bits per heavy atom. The van der Waals surface area contributed by atoms with Crippen LogP contribution in [0.25, 0.3) is 0 Å². The van der Waals surface area contributed by atoms with Gasteiger partial charge in [0, 0.05) is 17.7 Å². The molecular formula is C18H26F3N3O. The molecule has 2 aliphatic rings. The van der Waals surface area contributed by atoms with Crippen molar-refractivity contribution < 1.29 is 18.0 Å². The Morgan fingerprint density at radius 3 is 2.20 bits per heavy atom. The molecule has 0 aliphatic heterocycles. The van der Waals surface area contributed by atoms with Gasteiger partial charge in [-0.15, -0.1) is 0 Å². The number of halogens is 3. The van der Waals surface area contributed by atoms with Gasteiger partial charge in [-0.25, -0.2) is 0 Å². The van der Waals surface area contributed by atoms with Crippen molar-refractivity contribution in [3.8, 4) is 0 Å². The zero-order chi connectivity index (χ0) is 18.4. The molecule has 1 aromatic rings. The Hall–Kier alpha value is -1.53. The summed E-state index contributed by atoms with van der Waals surface area (Å²) >= 11 is 0. The van der Waals surface area contributed by atoms with Crippen LogP contribution in [0.15, 0.2) is 6.07 Å². The molecule has 1 aromatic heterocycles. The molecule has 7 heteroatoms. The van der Waals surface area contributed by atoms with Gasteiger partial charge in [0.2, 0.25) is 0 Å². The Kier molecular flexibility index (Phi) is 4.62. The number of nitrogens with one attached hydrogen (secondary N) is 1. The number of aromatic nitrogens is 2. The first-order valence-corrected chi connectivity index (χ1v) is 9.03. The van der Waals surface area contributed by atoms with Crippen LogP contribution in [0.2, 0.25) is 0 Å². The fraction of sp³-hybridized carbons (Fsp3) is 0.778. The van der Waals surface area contributed by atoms with Crippen molar-refractivity contribution in [1.82, 2.24) is 15.1 Å². The van der Waals surface area contributed by atoms with E-state index in [1.807, 2.05) is 31.5 Å². The SMILES string of the molecule is CC(C)(C)n1nc(C(=O)NC2CCC(C(F)(F)F)CC2)cc1C1CC1. The molecule has 25 heavy (non-hydrogen) atoms. The molecular weight excluding hydrogens is 331 g/mol. The maximum atomic E-state index is 12.7. The summed E-state index contributed by atoms with van der Waals surface area (Å²) in [6.45, 7) is 6.14. The van der Waals surface area contributed by atoms with Gasteiger partial charge in [0.15, 0.2) is 0 Å². The Morgan fingerprint density at radius 1 is 1.12 bits per heavy atom. The van der Waals surface area contributed by atoms with Crippen molar-refractivity contribution in [1.29, 1.82) is 0 Å². The van der Waals surface area contributed by atoms with Crippen molar-refractivity contribution >= 4 is 5.91 Å². The van der Waals surface area contributed by atoms with Crippen molar-refractivity contribution in [3.05, 3.63) is 17.5 Å². The monoisotopic (exact) mass is 357 g/mol. The van der Waals surface area contributed by atoms with E-state index in [-0.39, 0.29) is 30.3 Å². The smallest absolute Gasteiger partial charge is 0.348 e. The van der Waals surface area contributed by atoms with E-state index in [0.29, 0.717) is 24.5 Å². The minimum atomic E-state index is -4.13. The summed E-state index contributed by atoms with van der Waals surface area (Å²) in [5.74, 6) is -1.04. The van der Waals surface area contributed by atoms with Gasteiger partial charge in [-0.3, -0.25) is 9.48 Å². The fourth-order valence-corrected chi connectivity index (χ4v) is 3.54. The highest BCUT2D eigenvalue weighted by Gasteiger charge is 2.41. The molecule has 0 radical (unpaired) electrons. The molecule has 0 saturated heterocycles. The molecule has 0 unspecified atom stereocenters. The van der Waals surface area contributed by atoms with Crippen molar-refractivity contribution in [3.63, 3.8) is 0 Å². The minimum absolute atomic E-state index is 0.0815. The van der Waals surface area contributed by atoms with Crippen LogP contribution in [-0.2, 0) is 5.54 Å². The minimum Gasteiger partial charge on any atom is -0.348 e. The fourth-order valence-electron chi connectivity index (χ4n) is 3.54. The maximum Gasteiger partial charge on any atom is 0.391 e. The third kappa shape index (κ3) is 4.18. The Bertz CT molecular complexity index is 633. The number of carbonyl (C=O) groups is 1. The van der Waals surface area contributed by atoms with Crippen molar-refractivity contribution in [2.24, 2.45) is 5.92 Å². The molecule has 4 nitrogen and oxygen atoms in total. The van der Waals surface area contributed by atoms with Gasteiger partial charge in [-0.2, -0.15) is 18.3 Å². The van der Waals surface area contributed by atoms with E-state index in [9.17, 15) is 18.0 Å². The summed E-state index contributed by atoms with van der Waals surface area (Å²) in [6, 6.07) is 1.65. The molecule has 0 bridgehead atoms. The largest absolute Gasteiger partial charge is 0.391 e. The van der Waals surface area contributed by atoms with Gasteiger partial charge in [-0.05, 0) is 65.4 Å². The zero-order valence-corrected chi connectivity index (χ0v) is 15.0. The lowest BCUT2D eigenvalue weighted by Crippen LogP contribution is -2.40. The standard InChI is InChI=1S/C18H26F3N3O/c1-17(2,3)24-15(11-4-5-11)10-14(23-24)16(25)22-13-8-6-12(7-9-13)18(19,20)21/h10-13H,4-9H2,1-3H3,(H,22,25). The van der Waals surface area contributed by atoms with Gasteiger partial charge in [0.1, 0.15) is 5.69 Å². The van der Waals surface area contributed by atoms with E-state index in [4.69, 9.17) is 0 Å². The molecule has 2 saturated carbocycles. The average molecular weight is 357 g/mol. The first kappa shape index (κ1) is 18.3. The summed E-state index contributed by atoms with van der Waals surface area (Å²) in [4.78, 5) is 12.5. The topological polar surface area (TPSA) is 46.9 Å². The molecule has 2 aliphatic carbocycles. The lowest BCUT2D eigenvalue weighted by Gasteiger charge is -2.30. The van der Waals surface area contributed by atoms with Crippen LogP contribution in [0.4, 0.5) is 13.2 Å². The molecule has 3 rings (SSSR count). The normalized spacial score (nSPS) is 25.0. The first-order chi connectivity index (χ1) is 11.6. The molecule has 2 fully saturated rings. The second-order valence-corrected chi connectivity index (χ2v) is 8.37. The lowest BCUT2D eigenvalue weighted by atomic mass is 9.85. The summed E-state index contributed by atoms with van der Waals surface area (Å²) in [7, 11) is 0. The van der Waals surface area contributed by atoms with Gasteiger partial charge in [0.05, 0.1) is 11.5 Å². The number of nitrogens with zero attached hydrogens (tertiary/aromatic N) is 2. The van der Waals surface area contributed by atoms with Crippen LogP contribution in [0, 0.1) is 5.92 Å². The molecule has 0 spiro atoms. The van der Waals surface area contributed by atoms with E-state index >= 15 is 0 Å². The number of rotatable bonds is 3. The summed E-state index contributed by atoms with van der Waals surface area (Å²) in [5, 5.41) is 7.36. The van der Waals surface area contributed by atoms with E-state index in [1.54, 1.807) is 0 Å². The summed E-state index contributed by atoms with van der Waals surface area (Å²) in [6.07, 6.45) is -0.999. The predicted molar refractivity (Wildman–Crippen MR) is 88.5 cm³/mol. The highest BCUT2D eigenvalue weighted by atomic mass is 19.4. The number of amides is 1. The lowest BCUT2D eigenvalue weighted by molar-refractivity contribution is -0.182. The highest BCUT2D eigenvalue weighted by molar-refractivity contribution is 5.92. The third-order valence-electron chi connectivity index (χ3n) is 5.13. The van der Waals surface area contributed by atoms with E-state index in [1.165, 1.54) is 0 Å². The van der Waals surface area contributed by atoms with Crippen LogP contribution in [0.1, 0.15) is 81.4 Å². The molecule has 1 heterocycles. The highest BCUT2D eigenvalue weighted by Crippen LogP contribution is 2.42. The van der Waals surface area contributed by atoms with E-state index in [2.05, 4.69) is 10.4 Å². The second-order valence-electron chi connectivity index (χ2n) is 8.37. The second kappa shape index (κ2) is 6.32. The van der Waals surface area contributed by atoms with Gasteiger partial charge >= 0.3 is 6.18 Å². The number of hydrogen-bond acceptors (Lipinski definition) is 2. The van der Waals surface area contributed by atoms with Gasteiger partial charge in [0.25, 0.3) is 5.91 Å². The molecule has 0 atom stereocenters. The van der Waals surface area contributed by atoms with Crippen LogP contribution in [-0.4, -0.2) is 27.9 Å².